The molecule has 2 aromatic heterocycles. The Hall–Kier alpha value is -1.84. The van der Waals surface area contributed by atoms with Crippen molar-refractivity contribution in [3.05, 3.63) is 33.8 Å². The molecule has 0 aliphatic rings. The number of aromatic nitrogens is 4. The highest BCUT2D eigenvalue weighted by molar-refractivity contribution is 9.10. The van der Waals surface area contributed by atoms with Gasteiger partial charge in [0.25, 0.3) is 5.91 Å². The number of alkyl halides is 3. The van der Waals surface area contributed by atoms with Crippen LogP contribution in [0.2, 0.25) is 0 Å². The monoisotopic (exact) mass is 379 g/mol. The van der Waals surface area contributed by atoms with Crippen LogP contribution >= 0.6 is 15.9 Å². The van der Waals surface area contributed by atoms with Crippen molar-refractivity contribution in [2.75, 3.05) is 0 Å². The molecule has 0 unspecified atom stereocenters. The number of carbonyl (C=O) groups excluding carboxylic acids is 1. The van der Waals surface area contributed by atoms with Crippen molar-refractivity contribution in [3.63, 3.8) is 0 Å². The van der Waals surface area contributed by atoms with Gasteiger partial charge in [-0.05, 0) is 22.9 Å². The molecule has 0 aromatic carbocycles. The van der Waals surface area contributed by atoms with E-state index in [0.29, 0.717) is 15.7 Å². The van der Waals surface area contributed by atoms with Gasteiger partial charge in [0.05, 0.1) is 22.9 Å². The quantitative estimate of drug-likeness (QED) is 0.886. The Morgan fingerprint density at radius 1 is 1.45 bits per heavy atom. The molecule has 0 atom stereocenters. The Morgan fingerprint density at radius 2 is 2.14 bits per heavy atom. The van der Waals surface area contributed by atoms with Crippen LogP contribution in [-0.2, 0) is 26.3 Å². The summed E-state index contributed by atoms with van der Waals surface area (Å²) in [5.74, 6) is -0.679. The third-order valence-corrected chi connectivity index (χ3v) is 3.68. The molecule has 120 valence electrons. The summed E-state index contributed by atoms with van der Waals surface area (Å²) >= 11 is 3.30. The molecule has 1 amide bonds. The first-order valence-electron chi connectivity index (χ1n) is 6.33. The summed E-state index contributed by atoms with van der Waals surface area (Å²) < 4.78 is 41.1. The summed E-state index contributed by atoms with van der Waals surface area (Å²) in [6.45, 7) is 2.63. The van der Waals surface area contributed by atoms with E-state index in [1.807, 2.05) is 6.92 Å². The third-order valence-electron chi connectivity index (χ3n) is 3.02. The molecule has 22 heavy (non-hydrogen) atoms. The molecular weight excluding hydrogens is 367 g/mol. The predicted molar refractivity (Wildman–Crippen MR) is 75.0 cm³/mol. The normalized spacial score (nSPS) is 11.7. The van der Waals surface area contributed by atoms with E-state index >= 15 is 0 Å². The molecule has 10 heteroatoms. The van der Waals surface area contributed by atoms with Crippen LogP contribution in [0.25, 0.3) is 0 Å². The predicted octanol–water partition coefficient (Wildman–Crippen LogP) is 2.35. The van der Waals surface area contributed by atoms with Gasteiger partial charge in [-0.15, -0.1) is 0 Å². The van der Waals surface area contributed by atoms with Crippen LogP contribution in [0.15, 0.2) is 16.7 Å². The van der Waals surface area contributed by atoms with Crippen molar-refractivity contribution in [1.82, 2.24) is 24.9 Å². The van der Waals surface area contributed by atoms with E-state index in [9.17, 15) is 18.0 Å². The first-order chi connectivity index (χ1) is 10.2. The van der Waals surface area contributed by atoms with Crippen molar-refractivity contribution in [2.45, 2.75) is 26.2 Å². The molecule has 0 aliphatic carbocycles. The van der Waals surface area contributed by atoms with Crippen LogP contribution in [-0.4, -0.2) is 25.5 Å². The highest BCUT2D eigenvalue weighted by atomic mass is 79.9. The van der Waals surface area contributed by atoms with Gasteiger partial charge >= 0.3 is 6.18 Å². The van der Waals surface area contributed by atoms with Gasteiger partial charge in [0.15, 0.2) is 5.69 Å². The maximum absolute atomic E-state index is 12.7. The van der Waals surface area contributed by atoms with Crippen molar-refractivity contribution in [1.29, 1.82) is 0 Å². The second-order valence-corrected chi connectivity index (χ2v) is 5.33. The van der Waals surface area contributed by atoms with E-state index in [-0.39, 0.29) is 12.2 Å². The van der Waals surface area contributed by atoms with E-state index in [0.717, 1.165) is 18.8 Å². The van der Waals surface area contributed by atoms with Gasteiger partial charge in [-0.25, -0.2) is 0 Å². The van der Waals surface area contributed by atoms with E-state index < -0.39 is 17.8 Å². The molecule has 2 rings (SSSR count). The Morgan fingerprint density at radius 3 is 2.68 bits per heavy atom. The van der Waals surface area contributed by atoms with Gasteiger partial charge in [-0.2, -0.15) is 23.4 Å². The molecule has 0 saturated heterocycles. The number of halogens is 4. The van der Waals surface area contributed by atoms with Gasteiger partial charge in [0, 0.05) is 19.7 Å². The number of carbonyl (C=O) groups is 1. The summed E-state index contributed by atoms with van der Waals surface area (Å²) in [5, 5.41) is 10.2. The van der Waals surface area contributed by atoms with Crippen LogP contribution in [0.1, 0.15) is 28.8 Å². The van der Waals surface area contributed by atoms with Gasteiger partial charge < -0.3 is 5.32 Å². The van der Waals surface area contributed by atoms with Crippen LogP contribution in [0, 0.1) is 0 Å². The van der Waals surface area contributed by atoms with Crippen molar-refractivity contribution >= 4 is 21.8 Å². The zero-order valence-electron chi connectivity index (χ0n) is 11.8. The van der Waals surface area contributed by atoms with Gasteiger partial charge in [-0.3, -0.25) is 14.2 Å². The Balaban J connectivity index is 2.12. The minimum absolute atomic E-state index is 0.130. The molecule has 0 aliphatic heterocycles. The minimum atomic E-state index is -4.55. The second kappa shape index (κ2) is 6.11. The summed E-state index contributed by atoms with van der Waals surface area (Å²) in [6.07, 6.45) is -2.96. The third kappa shape index (κ3) is 3.32. The number of nitrogens with one attached hydrogen (secondary N) is 1. The lowest BCUT2D eigenvalue weighted by Crippen LogP contribution is -2.25. The fraction of sp³-hybridized carbons (Fsp3) is 0.417. The van der Waals surface area contributed by atoms with Gasteiger partial charge in [-0.1, -0.05) is 0 Å². The van der Waals surface area contributed by atoms with Crippen molar-refractivity contribution in [2.24, 2.45) is 7.05 Å². The standard InChI is InChI=1S/C12H13BrF3N5O/c1-3-21-9(7(13)5-18-21)6-17-11(22)8-4-10(12(14,15)16)20(2)19-8/h4-5H,3,6H2,1-2H3,(H,17,22). The smallest absolute Gasteiger partial charge is 0.345 e. The van der Waals surface area contributed by atoms with E-state index in [1.54, 1.807) is 10.9 Å². The number of hydrogen-bond donors (Lipinski definition) is 1. The van der Waals surface area contributed by atoms with E-state index in [4.69, 9.17) is 0 Å². The first-order valence-corrected chi connectivity index (χ1v) is 7.13. The number of rotatable bonds is 4. The molecule has 2 heterocycles. The number of aryl methyl sites for hydroxylation is 2. The SMILES string of the molecule is CCn1ncc(Br)c1CNC(=O)c1cc(C(F)(F)F)n(C)n1. The van der Waals surface area contributed by atoms with Crippen LogP contribution in [0.4, 0.5) is 13.2 Å². The highest BCUT2D eigenvalue weighted by Gasteiger charge is 2.35. The van der Waals surface area contributed by atoms with Crippen molar-refractivity contribution in [3.8, 4) is 0 Å². The molecule has 6 nitrogen and oxygen atoms in total. The van der Waals surface area contributed by atoms with Crippen LogP contribution in [0.5, 0.6) is 0 Å². The summed E-state index contributed by atoms with van der Waals surface area (Å²) in [5.41, 5.74) is -0.534. The van der Waals surface area contributed by atoms with Gasteiger partial charge in [0.1, 0.15) is 5.69 Å². The first kappa shape index (κ1) is 16.5. The van der Waals surface area contributed by atoms with Gasteiger partial charge in [0.2, 0.25) is 0 Å². The highest BCUT2D eigenvalue weighted by Crippen LogP contribution is 2.29. The largest absolute Gasteiger partial charge is 0.433 e. The maximum Gasteiger partial charge on any atom is 0.433 e. The maximum atomic E-state index is 12.7. The lowest BCUT2D eigenvalue weighted by molar-refractivity contribution is -0.143. The summed E-state index contributed by atoms with van der Waals surface area (Å²) in [6, 6.07) is 0.724. The molecule has 0 radical (unpaired) electrons. The van der Waals surface area contributed by atoms with Crippen LogP contribution < -0.4 is 5.32 Å². The number of nitrogens with zero attached hydrogens (tertiary/aromatic N) is 4. The lowest BCUT2D eigenvalue weighted by Gasteiger charge is -2.06. The molecule has 0 bridgehead atoms. The number of amides is 1. The lowest BCUT2D eigenvalue weighted by atomic mass is 10.3. The zero-order valence-corrected chi connectivity index (χ0v) is 13.4. The van der Waals surface area contributed by atoms with Crippen molar-refractivity contribution < 1.29 is 18.0 Å². The van der Waals surface area contributed by atoms with Crippen LogP contribution in [0.3, 0.4) is 0 Å². The fourth-order valence-electron chi connectivity index (χ4n) is 1.93. The fourth-order valence-corrected chi connectivity index (χ4v) is 2.37. The summed E-state index contributed by atoms with van der Waals surface area (Å²) in [4.78, 5) is 11.9. The zero-order chi connectivity index (χ0) is 16.5. The average Bonchev–Trinajstić information content (AvgIpc) is 2.99. The minimum Gasteiger partial charge on any atom is -0.345 e. The Kier molecular flexibility index (Phi) is 4.59. The second-order valence-electron chi connectivity index (χ2n) is 4.47. The topological polar surface area (TPSA) is 64.7 Å². The molecular formula is C12H13BrF3N5O. The molecule has 0 saturated carbocycles. The average molecular weight is 380 g/mol. The molecule has 2 aromatic rings. The van der Waals surface area contributed by atoms with E-state index in [2.05, 4.69) is 31.4 Å². The molecule has 1 N–H and O–H groups in total. The summed E-state index contributed by atoms with van der Waals surface area (Å²) in [7, 11) is 1.14. The molecule has 0 fully saturated rings. The molecule has 0 spiro atoms. The number of hydrogen-bond acceptors (Lipinski definition) is 3. The Bertz CT molecular complexity index is 691. The Labute approximate surface area is 132 Å². The van der Waals surface area contributed by atoms with E-state index in [1.165, 1.54) is 0 Å².